The van der Waals surface area contributed by atoms with E-state index in [1.54, 1.807) is 12.3 Å². The highest BCUT2D eigenvalue weighted by atomic mass is 32.2. The molecule has 8 N–H and O–H groups in total. The number of hydrogen-bond donors (Lipinski definition) is 5. The van der Waals surface area contributed by atoms with Gasteiger partial charge in [-0.15, -0.1) is 10.2 Å². The van der Waals surface area contributed by atoms with Gasteiger partial charge in [0.2, 0.25) is 5.82 Å². The topological polar surface area (TPSA) is 157 Å². The molecule has 2 aromatic heterocycles. The molecule has 0 spiro atoms. The Morgan fingerprint density at radius 1 is 1.23 bits per heavy atom. The number of hydrogen-bond acceptors (Lipinski definition) is 10. The summed E-state index contributed by atoms with van der Waals surface area (Å²) in [5.41, 5.74) is 14.0. The molecule has 11 heteroatoms. The molecule has 0 saturated heterocycles. The largest absolute Gasteiger partial charge is 0.384 e. The van der Waals surface area contributed by atoms with Crippen LogP contribution in [0, 0.1) is 0 Å². The second-order valence-corrected chi connectivity index (χ2v) is 6.85. The highest BCUT2D eigenvalue weighted by Crippen LogP contribution is 2.41. The minimum Gasteiger partial charge on any atom is -0.384 e. The van der Waals surface area contributed by atoms with E-state index in [2.05, 4.69) is 30.3 Å². The number of nitrogen functional groups attached to an aromatic ring is 1. The zero-order chi connectivity index (χ0) is 18.4. The number of aromatic nitrogens is 5. The number of pyridine rings is 1. The van der Waals surface area contributed by atoms with E-state index in [1.165, 1.54) is 11.9 Å². The lowest BCUT2D eigenvalue weighted by Gasteiger charge is -2.15. The Balaban J connectivity index is 2.08. The average molecular weight is 390 g/mol. The van der Waals surface area contributed by atoms with Gasteiger partial charge >= 0.3 is 0 Å². The molecule has 0 aliphatic carbocycles. The summed E-state index contributed by atoms with van der Waals surface area (Å²) >= 11 is 2.64. The number of H-pyrrole nitrogens is 1. The molecule has 136 valence electrons. The molecule has 0 amide bonds. The second-order valence-electron chi connectivity index (χ2n) is 5.28. The van der Waals surface area contributed by atoms with E-state index in [9.17, 15) is 0 Å². The molecule has 0 unspecified atom stereocenters. The van der Waals surface area contributed by atoms with Crippen LogP contribution >= 0.6 is 23.9 Å². The maximum Gasteiger partial charge on any atom is 0.206 e. The molecule has 1 aromatic carbocycles. The summed E-state index contributed by atoms with van der Waals surface area (Å²) in [5, 5.41) is 20.5. The Morgan fingerprint density at radius 2 is 2.12 bits per heavy atom. The smallest absolute Gasteiger partial charge is 0.206 e. The number of benzene rings is 1. The predicted molar refractivity (Wildman–Crippen MR) is 105 cm³/mol. The highest BCUT2D eigenvalue weighted by molar-refractivity contribution is 8.00. The number of aromatic amines is 1. The Bertz CT molecular complexity index is 854. The van der Waals surface area contributed by atoms with Crippen molar-refractivity contribution >= 4 is 29.7 Å². The average Bonchev–Trinajstić information content (AvgIpc) is 3.19. The first-order valence-electron chi connectivity index (χ1n) is 7.83. The van der Waals surface area contributed by atoms with E-state index in [-0.39, 0.29) is 0 Å². The molecule has 0 aliphatic heterocycles. The lowest BCUT2D eigenvalue weighted by molar-refractivity contribution is 0.808. The van der Waals surface area contributed by atoms with E-state index in [1.807, 2.05) is 18.2 Å². The molecular formula is C15H19N9S2. The van der Waals surface area contributed by atoms with E-state index >= 15 is 0 Å². The van der Waals surface area contributed by atoms with Gasteiger partial charge < -0.3 is 11.5 Å². The van der Waals surface area contributed by atoms with Crippen molar-refractivity contribution in [2.75, 3.05) is 18.8 Å². The summed E-state index contributed by atoms with van der Waals surface area (Å²) < 4.78 is 3.29. The van der Waals surface area contributed by atoms with Gasteiger partial charge in [0, 0.05) is 28.1 Å². The fourth-order valence-electron chi connectivity index (χ4n) is 2.41. The third kappa shape index (κ3) is 4.14. The van der Waals surface area contributed by atoms with Crippen molar-refractivity contribution in [1.29, 1.82) is 0 Å². The van der Waals surface area contributed by atoms with Gasteiger partial charge in [0.1, 0.15) is 5.82 Å². The third-order valence-electron chi connectivity index (χ3n) is 3.57. The Hall–Kier alpha value is -2.18. The lowest BCUT2D eigenvalue weighted by atomic mass is 10.00. The SMILES string of the molecule is NCCCNSc1ccc(-c2ccnc(N)c2)c(-c2nn[nH]n2)c1SN. The molecule has 2 heterocycles. The van der Waals surface area contributed by atoms with Crippen molar-refractivity contribution in [3.8, 4) is 22.5 Å². The Labute approximate surface area is 159 Å². The second kappa shape index (κ2) is 8.96. The van der Waals surface area contributed by atoms with Gasteiger partial charge in [-0.1, -0.05) is 6.07 Å². The van der Waals surface area contributed by atoms with Gasteiger partial charge in [-0.05, 0) is 71.4 Å². The van der Waals surface area contributed by atoms with Crippen LogP contribution in [0.15, 0.2) is 40.3 Å². The number of tetrazole rings is 1. The maximum absolute atomic E-state index is 6.00. The summed E-state index contributed by atoms with van der Waals surface area (Å²) in [6.07, 6.45) is 2.56. The van der Waals surface area contributed by atoms with Crippen molar-refractivity contribution < 1.29 is 0 Å². The van der Waals surface area contributed by atoms with Gasteiger partial charge in [-0.3, -0.25) is 9.86 Å². The van der Waals surface area contributed by atoms with E-state index < -0.39 is 0 Å². The van der Waals surface area contributed by atoms with Crippen LogP contribution in [0.2, 0.25) is 0 Å². The van der Waals surface area contributed by atoms with Crippen molar-refractivity contribution in [2.45, 2.75) is 16.2 Å². The quantitative estimate of drug-likeness (QED) is 0.282. The summed E-state index contributed by atoms with van der Waals surface area (Å²) in [5.74, 6) is 0.901. The molecule has 9 nitrogen and oxygen atoms in total. The van der Waals surface area contributed by atoms with Gasteiger partial charge in [0.25, 0.3) is 0 Å². The van der Waals surface area contributed by atoms with E-state index in [0.717, 1.165) is 51.4 Å². The number of rotatable bonds is 8. The van der Waals surface area contributed by atoms with E-state index in [0.29, 0.717) is 18.2 Å². The van der Waals surface area contributed by atoms with Crippen LogP contribution in [0.4, 0.5) is 5.82 Å². The predicted octanol–water partition coefficient (Wildman–Crippen LogP) is 1.42. The molecule has 0 bridgehead atoms. The minimum atomic E-state index is 0.436. The molecule has 0 radical (unpaired) electrons. The Kier molecular flexibility index (Phi) is 6.41. The van der Waals surface area contributed by atoms with Crippen molar-refractivity contribution in [3.63, 3.8) is 0 Å². The fraction of sp³-hybridized carbons (Fsp3) is 0.200. The molecule has 26 heavy (non-hydrogen) atoms. The molecule has 0 atom stereocenters. The first-order valence-corrected chi connectivity index (χ1v) is 9.53. The van der Waals surface area contributed by atoms with Gasteiger partial charge in [0.05, 0.1) is 0 Å². The van der Waals surface area contributed by atoms with E-state index in [4.69, 9.17) is 16.6 Å². The Morgan fingerprint density at radius 3 is 2.81 bits per heavy atom. The summed E-state index contributed by atoms with van der Waals surface area (Å²) in [7, 11) is 0. The maximum atomic E-state index is 6.00. The lowest BCUT2D eigenvalue weighted by Crippen LogP contribution is -2.11. The van der Waals surface area contributed by atoms with Crippen LogP contribution in [-0.4, -0.2) is 38.7 Å². The minimum absolute atomic E-state index is 0.436. The van der Waals surface area contributed by atoms with Gasteiger partial charge in [-0.25, -0.2) is 4.98 Å². The summed E-state index contributed by atoms with van der Waals surface area (Å²) in [6, 6.07) is 7.68. The van der Waals surface area contributed by atoms with Crippen LogP contribution in [0.3, 0.4) is 0 Å². The molecular weight excluding hydrogens is 370 g/mol. The molecule has 3 aromatic rings. The van der Waals surface area contributed by atoms with Gasteiger partial charge in [-0.2, -0.15) is 5.21 Å². The van der Waals surface area contributed by atoms with Crippen LogP contribution < -0.4 is 21.3 Å². The number of nitrogens with zero attached hydrogens (tertiary/aromatic N) is 4. The number of anilines is 1. The number of nitrogens with two attached hydrogens (primary N) is 3. The van der Waals surface area contributed by atoms with Crippen LogP contribution in [0.1, 0.15) is 6.42 Å². The standard InChI is InChI=1S/C15H19N9S2/c16-5-1-6-20-26-11-3-2-10(9-4-7-19-12(17)8-9)13(14(11)25-18)15-21-23-24-22-15/h2-4,7-8,20H,1,5-6,16,18H2,(H2,17,19)(H,21,22,23,24). The van der Waals surface area contributed by atoms with Crippen molar-refractivity contribution in [3.05, 3.63) is 30.5 Å². The zero-order valence-corrected chi connectivity index (χ0v) is 15.5. The number of nitrogens with one attached hydrogen (secondary N) is 2. The highest BCUT2D eigenvalue weighted by Gasteiger charge is 2.20. The van der Waals surface area contributed by atoms with Crippen molar-refractivity contribution in [1.82, 2.24) is 30.3 Å². The summed E-state index contributed by atoms with van der Waals surface area (Å²) in [6.45, 7) is 1.44. The van der Waals surface area contributed by atoms with Crippen molar-refractivity contribution in [2.24, 2.45) is 10.9 Å². The molecule has 0 saturated carbocycles. The van der Waals surface area contributed by atoms with Crippen LogP contribution in [0.5, 0.6) is 0 Å². The fourth-order valence-corrected chi connectivity index (χ4v) is 3.92. The molecule has 0 fully saturated rings. The molecule has 0 aliphatic rings. The third-order valence-corrected chi connectivity index (χ3v) is 5.26. The first kappa shape index (κ1) is 18.6. The zero-order valence-electron chi connectivity index (χ0n) is 13.8. The normalized spacial score (nSPS) is 11.0. The van der Waals surface area contributed by atoms with Crippen LogP contribution in [-0.2, 0) is 0 Å². The van der Waals surface area contributed by atoms with Crippen LogP contribution in [0.25, 0.3) is 22.5 Å². The molecule has 3 rings (SSSR count). The summed E-state index contributed by atoms with van der Waals surface area (Å²) in [4.78, 5) is 5.87. The monoisotopic (exact) mass is 389 g/mol. The van der Waals surface area contributed by atoms with Gasteiger partial charge in [0.15, 0.2) is 0 Å². The first-order chi connectivity index (χ1) is 12.7.